The number of sulfonamides is 1. The average molecular weight is 423 g/mol. The molecule has 2 saturated carbocycles. The van der Waals surface area contributed by atoms with Gasteiger partial charge in [-0.1, -0.05) is 18.6 Å². The van der Waals surface area contributed by atoms with Gasteiger partial charge in [0, 0.05) is 32.8 Å². The van der Waals surface area contributed by atoms with Gasteiger partial charge < -0.3 is 15.4 Å². The van der Waals surface area contributed by atoms with E-state index in [9.17, 15) is 8.42 Å². The second kappa shape index (κ2) is 9.91. The maximum atomic E-state index is 12.3. The summed E-state index contributed by atoms with van der Waals surface area (Å²) in [4.78, 5) is 4.99. The van der Waals surface area contributed by atoms with Crippen LogP contribution in [0.4, 0.5) is 0 Å². The van der Waals surface area contributed by atoms with Gasteiger partial charge in [-0.05, 0) is 62.1 Å². The van der Waals surface area contributed by atoms with Gasteiger partial charge in [-0.3, -0.25) is 0 Å². The number of benzene rings is 1. The average Bonchev–Trinajstić information content (AvgIpc) is 3.48. The zero-order valence-electron chi connectivity index (χ0n) is 17.5. The normalized spacial score (nSPS) is 18.9. The summed E-state index contributed by atoms with van der Waals surface area (Å²) in [6.45, 7) is 5.03. The number of nitrogens with zero attached hydrogens (tertiary/aromatic N) is 1. The van der Waals surface area contributed by atoms with E-state index >= 15 is 0 Å². The second-order valence-corrected chi connectivity index (χ2v) is 9.90. The van der Waals surface area contributed by atoms with E-state index in [1.165, 1.54) is 19.3 Å². The summed E-state index contributed by atoms with van der Waals surface area (Å²) < 4.78 is 32.5. The van der Waals surface area contributed by atoms with Crippen molar-refractivity contribution < 1.29 is 13.2 Å². The lowest BCUT2D eigenvalue weighted by atomic mass is 9.67. The van der Waals surface area contributed by atoms with Crippen molar-refractivity contribution in [2.24, 2.45) is 10.4 Å². The lowest BCUT2D eigenvalue weighted by Gasteiger charge is -2.42. The molecule has 0 spiro atoms. The minimum absolute atomic E-state index is 0.112. The highest BCUT2D eigenvalue weighted by Crippen LogP contribution is 2.43. The van der Waals surface area contributed by atoms with Crippen molar-refractivity contribution >= 4 is 16.0 Å². The summed E-state index contributed by atoms with van der Waals surface area (Å²) in [6.07, 6.45) is 6.67. The van der Waals surface area contributed by atoms with Crippen molar-refractivity contribution in [3.63, 3.8) is 0 Å². The van der Waals surface area contributed by atoms with Crippen molar-refractivity contribution in [2.75, 3.05) is 26.8 Å². The van der Waals surface area contributed by atoms with E-state index in [0.717, 1.165) is 50.5 Å². The van der Waals surface area contributed by atoms with Gasteiger partial charge in [0.05, 0.1) is 11.4 Å². The van der Waals surface area contributed by atoms with Crippen LogP contribution in [0.5, 0.6) is 0 Å². The van der Waals surface area contributed by atoms with Gasteiger partial charge >= 0.3 is 0 Å². The van der Waals surface area contributed by atoms with Crippen LogP contribution in [0.1, 0.15) is 51.0 Å². The predicted octanol–water partition coefficient (Wildman–Crippen LogP) is 2.39. The van der Waals surface area contributed by atoms with Crippen LogP contribution in [-0.4, -0.2) is 47.2 Å². The van der Waals surface area contributed by atoms with E-state index in [1.54, 1.807) is 19.2 Å². The first-order valence-electron chi connectivity index (χ1n) is 10.6. The monoisotopic (exact) mass is 422 g/mol. The zero-order chi connectivity index (χ0) is 20.7. The molecule has 2 aliphatic carbocycles. The Kier molecular flexibility index (Phi) is 7.54. The van der Waals surface area contributed by atoms with Gasteiger partial charge in [-0.2, -0.15) is 0 Å². The molecule has 2 fully saturated rings. The van der Waals surface area contributed by atoms with Crippen LogP contribution < -0.4 is 15.4 Å². The molecule has 0 heterocycles. The lowest BCUT2D eigenvalue weighted by Crippen LogP contribution is -2.46. The topological polar surface area (TPSA) is 91.8 Å². The first-order chi connectivity index (χ1) is 14.0. The molecule has 0 aromatic heterocycles. The van der Waals surface area contributed by atoms with E-state index in [4.69, 9.17) is 4.74 Å². The largest absolute Gasteiger partial charge is 0.385 e. The number of aliphatic imine (C=N–C) groups is 1. The number of hydrogen-bond acceptors (Lipinski definition) is 4. The molecule has 162 valence electrons. The minimum Gasteiger partial charge on any atom is -0.385 e. The Hall–Kier alpha value is -1.64. The van der Waals surface area contributed by atoms with Crippen LogP contribution in [0, 0.1) is 5.41 Å². The predicted molar refractivity (Wildman–Crippen MR) is 115 cm³/mol. The van der Waals surface area contributed by atoms with Crippen LogP contribution in [0.3, 0.4) is 0 Å². The molecule has 0 saturated heterocycles. The quantitative estimate of drug-likeness (QED) is 0.376. The molecule has 3 rings (SSSR count). The maximum Gasteiger partial charge on any atom is 0.240 e. The van der Waals surface area contributed by atoms with E-state index in [2.05, 4.69) is 20.3 Å². The Morgan fingerprint density at radius 2 is 1.93 bits per heavy atom. The summed E-state index contributed by atoms with van der Waals surface area (Å²) in [5.74, 6) is 0.795. The Labute approximate surface area is 174 Å². The molecule has 2 aliphatic rings. The fraction of sp³-hybridized carbons (Fsp3) is 0.667. The molecular formula is C21H34N4O3S. The highest BCUT2D eigenvalue weighted by Gasteiger charge is 2.36. The number of methoxy groups -OCH3 is 1. The smallest absolute Gasteiger partial charge is 0.240 e. The van der Waals surface area contributed by atoms with E-state index in [-0.39, 0.29) is 6.04 Å². The van der Waals surface area contributed by atoms with Crippen molar-refractivity contribution in [3.05, 3.63) is 29.8 Å². The van der Waals surface area contributed by atoms with Crippen molar-refractivity contribution in [2.45, 2.75) is 62.9 Å². The third-order valence-electron chi connectivity index (χ3n) is 5.78. The molecule has 0 unspecified atom stereocenters. The molecule has 8 heteroatoms. The minimum atomic E-state index is -3.40. The number of nitrogens with one attached hydrogen (secondary N) is 3. The second-order valence-electron chi connectivity index (χ2n) is 8.18. The highest BCUT2D eigenvalue weighted by molar-refractivity contribution is 7.89. The summed E-state index contributed by atoms with van der Waals surface area (Å²) in [6, 6.07) is 7.09. The van der Waals surface area contributed by atoms with Crippen LogP contribution >= 0.6 is 0 Å². The van der Waals surface area contributed by atoms with Gasteiger partial charge in [0.25, 0.3) is 0 Å². The van der Waals surface area contributed by atoms with E-state index in [1.807, 2.05) is 19.1 Å². The highest BCUT2D eigenvalue weighted by atomic mass is 32.2. The van der Waals surface area contributed by atoms with Crippen LogP contribution in [-0.2, 0) is 21.3 Å². The molecular weight excluding hydrogens is 388 g/mol. The lowest BCUT2D eigenvalue weighted by molar-refractivity contribution is 0.0732. The van der Waals surface area contributed by atoms with Crippen molar-refractivity contribution in [1.29, 1.82) is 0 Å². The molecule has 1 aromatic rings. The molecule has 0 radical (unpaired) electrons. The van der Waals surface area contributed by atoms with Crippen molar-refractivity contribution in [3.8, 4) is 0 Å². The number of guanidine groups is 1. The molecule has 3 N–H and O–H groups in total. The molecule has 0 aliphatic heterocycles. The summed E-state index contributed by atoms with van der Waals surface area (Å²) in [5.41, 5.74) is 1.29. The Balaban J connectivity index is 1.56. The first kappa shape index (κ1) is 22.1. The van der Waals surface area contributed by atoms with Gasteiger partial charge in [0.1, 0.15) is 0 Å². The molecule has 0 atom stereocenters. The number of ether oxygens (including phenoxy) is 1. The summed E-state index contributed by atoms with van der Waals surface area (Å²) in [5, 5.41) is 6.78. The van der Waals surface area contributed by atoms with Gasteiger partial charge in [0.15, 0.2) is 5.96 Å². The van der Waals surface area contributed by atoms with Crippen LogP contribution in [0.15, 0.2) is 34.2 Å². The Morgan fingerprint density at radius 3 is 2.48 bits per heavy atom. The Bertz CT molecular complexity index is 785. The molecule has 7 nitrogen and oxygen atoms in total. The molecule has 0 bridgehead atoms. The SMILES string of the molecule is CCNC(=NCc1ccc(S(=O)(=O)NC2CC2)cc1)NCC1(CCOC)CCC1. The summed E-state index contributed by atoms with van der Waals surface area (Å²) in [7, 11) is -1.65. The number of hydrogen-bond donors (Lipinski definition) is 3. The zero-order valence-corrected chi connectivity index (χ0v) is 18.4. The Morgan fingerprint density at radius 1 is 1.21 bits per heavy atom. The van der Waals surface area contributed by atoms with Crippen LogP contribution in [0.25, 0.3) is 0 Å². The van der Waals surface area contributed by atoms with Gasteiger partial charge in [-0.25, -0.2) is 18.1 Å². The third-order valence-corrected chi connectivity index (χ3v) is 7.31. The van der Waals surface area contributed by atoms with Gasteiger partial charge in [-0.15, -0.1) is 0 Å². The fourth-order valence-electron chi connectivity index (χ4n) is 3.56. The standard InChI is InChI=1S/C21H34N4O3S/c1-3-22-20(24-16-21(11-4-12-21)13-14-28-2)23-15-17-5-9-19(10-6-17)29(26,27)25-18-7-8-18/h5-6,9-10,18,25H,3-4,7-8,11-16H2,1-2H3,(H2,22,23,24). The molecule has 1 aromatic carbocycles. The van der Waals surface area contributed by atoms with Crippen LogP contribution in [0.2, 0.25) is 0 Å². The van der Waals surface area contributed by atoms with Crippen molar-refractivity contribution in [1.82, 2.24) is 15.4 Å². The fourth-order valence-corrected chi connectivity index (χ4v) is 4.86. The van der Waals surface area contributed by atoms with Gasteiger partial charge in [0.2, 0.25) is 10.0 Å². The maximum absolute atomic E-state index is 12.3. The van der Waals surface area contributed by atoms with E-state index < -0.39 is 10.0 Å². The molecule has 29 heavy (non-hydrogen) atoms. The summed E-state index contributed by atoms with van der Waals surface area (Å²) >= 11 is 0. The first-order valence-corrected chi connectivity index (χ1v) is 12.1. The third kappa shape index (κ3) is 6.42. The van der Waals surface area contributed by atoms with E-state index in [0.29, 0.717) is 16.9 Å². The molecule has 0 amide bonds. The number of rotatable bonds is 11.